The standard InChI is InChI=1S/C30H31N7O3S/c1-17-7-8-19(13-18(17)2)37-25(15-24(36-37)30(3,4)5)34-29(39)33-21-10-9-20(14-23(21)41-6)40-22-11-12-31-28-27(22)32-16-26(38)35-28/h7-16H,1-6H3,(H,31,35,38)(H2,33,34,39). The van der Waals surface area contributed by atoms with Gasteiger partial charge in [0.1, 0.15) is 17.1 Å². The summed E-state index contributed by atoms with van der Waals surface area (Å²) >= 11 is 1.47. The van der Waals surface area contributed by atoms with E-state index in [0.717, 1.165) is 21.8 Å². The lowest BCUT2D eigenvalue weighted by molar-refractivity contribution is 0.262. The summed E-state index contributed by atoms with van der Waals surface area (Å²) in [4.78, 5) is 36.6. The van der Waals surface area contributed by atoms with Gasteiger partial charge in [-0.05, 0) is 61.6 Å². The van der Waals surface area contributed by atoms with Crippen LogP contribution in [-0.4, -0.2) is 37.0 Å². The number of pyridine rings is 1. The number of anilines is 2. The molecule has 41 heavy (non-hydrogen) atoms. The molecular weight excluding hydrogens is 538 g/mol. The Morgan fingerprint density at radius 3 is 2.54 bits per heavy atom. The summed E-state index contributed by atoms with van der Waals surface area (Å²) in [6.07, 6.45) is 4.64. The van der Waals surface area contributed by atoms with Crippen molar-refractivity contribution in [1.29, 1.82) is 0 Å². The number of hydrogen-bond acceptors (Lipinski definition) is 7. The Kier molecular flexibility index (Phi) is 7.55. The van der Waals surface area contributed by atoms with E-state index in [9.17, 15) is 9.59 Å². The van der Waals surface area contributed by atoms with Gasteiger partial charge in [0.2, 0.25) is 0 Å². The third kappa shape index (κ3) is 6.09. The number of rotatable bonds is 6. The molecule has 11 heteroatoms. The Labute approximate surface area is 241 Å². The van der Waals surface area contributed by atoms with Gasteiger partial charge in [0, 0.05) is 28.6 Å². The number of H-pyrrole nitrogens is 1. The van der Waals surface area contributed by atoms with E-state index >= 15 is 0 Å². The normalized spacial score (nSPS) is 11.5. The Bertz CT molecular complexity index is 1820. The van der Waals surface area contributed by atoms with Gasteiger partial charge in [-0.25, -0.2) is 19.4 Å². The molecule has 2 amide bonds. The van der Waals surface area contributed by atoms with E-state index in [-0.39, 0.29) is 11.0 Å². The monoisotopic (exact) mass is 569 g/mol. The minimum Gasteiger partial charge on any atom is -0.455 e. The summed E-state index contributed by atoms with van der Waals surface area (Å²) in [5, 5.41) is 10.8. The summed E-state index contributed by atoms with van der Waals surface area (Å²) in [6.45, 7) is 10.4. The number of carbonyl (C=O) groups excluding carboxylic acids is 1. The number of nitrogens with one attached hydrogen (secondary N) is 3. The number of benzene rings is 2. The Balaban J connectivity index is 1.38. The first-order valence-corrected chi connectivity index (χ1v) is 14.2. The number of nitrogens with zero attached hydrogens (tertiary/aromatic N) is 4. The number of carbonyl (C=O) groups is 1. The first kappa shape index (κ1) is 27.9. The van der Waals surface area contributed by atoms with E-state index < -0.39 is 6.03 Å². The van der Waals surface area contributed by atoms with Gasteiger partial charge in [0.15, 0.2) is 11.4 Å². The molecule has 3 heterocycles. The lowest BCUT2D eigenvalue weighted by Crippen LogP contribution is -2.21. The fourth-order valence-corrected chi connectivity index (χ4v) is 4.71. The molecule has 0 saturated carbocycles. The van der Waals surface area contributed by atoms with Crippen LogP contribution in [0.1, 0.15) is 37.6 Å². The van der Waals surface area contributed by atoms with Gasteiger partial charge in [-0.15, -0.1) is 11.8 Å². The molecule has 3 aromatic heterocycles. The van der Waals surface area contributed by atoms with Gasteiger partial charge in [-0.3, -0.25) is 10.1 Å². The van der Waals surface area contributed by atoms with Crippen LogP contribution in [0.4, 0.5) is 16.3 Å². The van der Waals surface area contributed by atoms with Crippen molar-refractivity contribution < 1.29 is 9.53 Å². The average Bonchev–Trinajstić information content (AvgIpc) is 3.35. The molecule has 0 aliphatic rings. The van der Waals surface area contributed by atoms with Crippen LogP contribution in [0.25, 0.3) is 16.9 Å². The van der Waals surface area contributed by atoms with Crippen molar-refractivity contribution >= 4 is 40.5 Å². The van der Waals surface area contributed by atoms with E-state index in [1.807, 2.05) is 30.5 Å². The minimum absolute atomic E-state index is 0.204. The van der Waals surface area contributed by atoms with Crippen LogP contribution in [0, 0.1) is 13.8 Å². The summed E-state index contributed by atoms with van der Waals surface area (Å²) in [5.74, 6) is 1.56. The maximum absolute atomic E-state index is 13.2. The highest BCUT2D eigenvalue weighted by molar-refractivity contribution is 7.98. The van der Waals surface area contributed by atoms with Crippen molar-refractivity contribution in [1.82, 2.24) is 24.7 Å². The molecule has 210 valence electrons. The third-order valence-corrected chi connectivity index (χ3v) is 7.32. The van der Waals surface area contributed by atoms with E-state index in [1.165, 1.54) is 23.5 Å². The molecular formula is C30H31N7O3S. The van der Waals surface area contributed by atoms with Gasteiger partial charge in [-0.1, -0.05) is 26.8 Å². The lowest BCUT2D eigenvalue weighted by Gasteiger charge is -2.14. The second-order valence-electron chi connectivity index (χ2n) is 10.6. The molecule has 5 rings (SSSR count). The van der Waals surface area contributed by atoms with Gasteiger partial charge in [0.05, 0.1) is 23.3 Å². The van der Waals surface area contributed by atoms with Gasteiger partial charge in [-0.2, -0.15) is 5.10 Å². The van der Waals surface area contributed by atoms with Crippen molar-refractivity contribution in [3.8, 4) is 17.2 Å². The summed E-state index contributed by atoms with van der Waals surface area (Å²) in [7, 11) is 0. The first-order valence-electron chi connectivity index (χ1n) is 13.0. The fraction of sp³-hybridized carbons (Fsp3) is 0.233. The Morgan fingerprint density at radius 1 is 1.00 bits per heavy atom. The summed E-state index contributed by atoms with van der Waals surface area (Å²) in [5.41, 5.74) is 4.91. The van der Waals surface area contributed by atoms with E-state index in [2.05, 4.69) is 66.3 Å². The highest BCUT2D eigenvalue weighted by Gasteiger charge is 2.22. The van der Waals surface area contributed by atoms with Crippen LogP contribution in [0.2, 0.25) is 0 Å². The predicted molar refractivity (Wildman–Crippen MR) is 163 cm³/mol. The Hall–Kier alpha value is -4.64. The molecule has 0 fully saturated rings. The second-order valence-corrected chi connectivity index (χ2v) is 11.5. The fourth-order valence-electron chi connectivity index (χ4n) is 4.13. The van der Waals surface area contributed by atoms with E-state index in [0.29, 0.717) is 34.2 Å². The van der Waals surface area contributed by atoms with Crippen molar-refractivity contribution in [2.24, 2.45) is 0 Å². The van der Waals surface area contributed by atoms with Crippen molar-refractivity contribution in [2.75, 3.05) is 16.9 Å². The molecule has 0 atom stereocenters. The van der Waals surface area contributed by atoms with Gasteiger partial charge >= 0.3 is 6.03 Å². The largest absolute Gasteiger partial charge is 0.455 e. The zero-order valence-electron chi connectivity index (χ0n) is 23.7. The maximum Gasteiger partial charge on any atom is 0.324 e. The van der Waals surface area contributed by atoms with Crippen LogP contribution >= 0.6 is 11.8 Å². The number of thioether (sulfide) groups is 1. The molecule has 0 saturated heterocycles. The molecule has 2 aromatic carbocycles. The van der Waals surface area contributed by atoms with E-state index in [1.54, 1.807) is 29.1 Å². The molecule has 5 aromatic rings. The van der Waals surface area contributed by atoms with Crippen molar-refractivity contribution in [3.63, 3.8) is 0 Å². The number of ether oxygens (including phenoxy) is 1. The van der Waals surface area contributed by atoms with Crippen LogP contribution < -0.4 is 20.9 Å². The smallest absolute Gasteiger partial charge is 0.324 e. The molecule has 0 aliphatic carbocycles. The quantitative estimate of drug-likeness (QED) is 0.197. The number of hydrogen-bond donors (Lipinski definition) is 3. The third-order valence-electron chi connectivity index (χ3n) is 6.54. The maximum atomic E-state index is 13.2. The summed E-state index contributed by atoms with van der Waals surface area (Å²) < 4.78 is 7.83. The number of aromatic amines is 1. The average molecular weight is 570 g/mol. The SMILES string of the molecule is CSc1cc(Oc2ccnc3[nH]c(=O)cnc23)ccc1NC(=O)Nc1cc(C(C)(C)C)nn1-c1ccc(C)c(C)c1. The van der Waals surface area contributed by atoms with Crippen LogP contribution in [-0.2, 0) is 5.41 Å². The highest BCUT2D eigenvalue weighted by Crippen LogP contribution is 2.34. The second kappa shape index (κ2) is 11.1. The molecule has 0 radical (unpaired) electrons. The van der Waals surface area contributed by atoms with Gasteiger partial charge in [0.25, 0.3) is 5.56 Å². The van der Waals surface area contributed by atoms with Gasteiger partial charge < -0.3 is 15.0 Å². The van der Waals surface area contributed by atoms with E-state index in [4.69, 9.17) is 9.84 Å². The zero-order chi connectivity index (χ0) is 29.3. The zero-order valence-corrected chi connectivity index (χ0v) is 24.5. The molecule has 10 nitrogen and oxygen atoms in total. The topological polar surface area (TPSA) is 127 Å². The molecule has 0 unspecified atom stereocenters. The molecule has 0 spiro atoms. The van der Waals surface area contributed by atoms with Crippen LogP contribution in [0.15, 0.2) is 70.6 Å². The number of aryl methyl sites for hydroxylation is 2. The van der Waals surface area contributed by atoms with Crippen LogP contribution in [0.3, 0.4) is 0 Å². The molecule has 0 aliphatic heterocycles. The highest BCUT2D eigenvalue weighted by atomic mass is 32.2. The predicted octanol–water partition coefficient (Wildman–Crippen LogP) is 6.58. The molecule has 0 bridgehead atoms. The van der Waals surface area contributed by atoms with Crippen LogP contribution in [0.5, 0.6) is 11.5 Å². The number of amides is 2. The number of aromatic nitrogens is 5. The first-order chi connectivity index (χ1) is 19.5. The van der Waals surface area contributed by atoms with Crippen molar-refractivity contribution in [3.05, 3.63) is 88.1 Å². The Morgan fingerprint density at radius 2 is 1.80 bits per heavy atom. The number of fused-ring (bicyclic) bond motifs is 1. The minimum atomic E-state index is -0.396. The number of urea groups is 1. The van der Waals surface area contributed by atoms with Crippen molar-refractivity contribution in [2.45, 2.75) is 44.9 Å². The summed E-state index contributed by atoms with van der Waals surface area (Å²) in [6, 6.07) is 14.6. The lowest BCUT2D eigenvalue weighted by atomic mass is 9.92. The molecule has 3 N–H and O–H groups in total.